The van der Waals surface area contributed by atoms with Crippen LogP contribution in [0.1, 0.15) is 27.2 Å². The predicted octanol–water partition coefficient (Wildman–Crippen LogP) is 0.999. The Kier molecular flexibility index (Phi) is 5.45. The standard InChI is InChI=1S/C11H24N2O/c1-9(2)12-6-10(3)13-7-11-4-5-14-8-11/h9-13H,4-8H2,1-3H3. The minimum Gasteiger partial charge on any atom is -0.381 e. The highest BCUT2D eigenvalue weighted by molar-refractivity contribution is 4.71. The van der Waals surface area contributed by atoms with Crippen LogP contribution < -0.4 is 10.6 Å². The van der Waals surface area contributed by atoms with Crippen molar-refractivity contribution in [3.8, 4) is 0 Å². The highest BCUT2D eigenvalue weighted by atomic mass is 16.5. The average Bonchev–Trinajstić information content (AvgIpc) is 2.63. The fourth-order valence-electron chi connectivity index (χ4n) is 1.60. The molecule has 1 saturated heterocycles. The van der Waals surface area contributed by atoms with Gasteiger partial charge in [0.25, 0.3) is 0 Å². The zero-order valence-corrected chi connectivity index (χ0v) is 9.68. The molecule has 1 heterocycles. The van der Waals surface area contributed by atoms with E-state index in [2.05, 4.69) is 31.4 Å². The maximum Gasteiger partial charge on any atom is 0.0507 e. The lowest BCUT2D eigenvalue weighted by molar-refractivity contribution is 0.184. The van der Waals surface area contributed by atoms with Crippen molar-refractivity contribution >= 4 is 0 Å². The van der Waals surface area contributed by atoms with E-state index in [0.717, 1.165) is 32.2 Å². The summed E-state index contributed by atoms with van der Waals surface area (Å²) in [5.41, 5.74) is 0. The number of hydrogen-bond donors (Lipinski definition) is 2. The second-order valence-corrected chi connectivity index (χ2v) is 4.60. The maximum absolute atomic E-state index is 5.33. The molecular formula is C11H24N2O. The van der Waals surface area contributed by atoms with Gasteiger partial charge < -0.3 is 15.4 Å². The molecular weight excluding hydrogens is 176 g/mol. The van der Waals surface area contributed by atoms with Gasteiger partial charge in [0.1, 0.15) is 0 Å². The Morgan fingerprint density at radius 2 is 2.07 bits per heavy atom. The normalized spacial score (nSPS) is 24.4. The summed E-state index contributed by atoms with van der Waals surface area (Å²) in [6.45, 7) is 10.6. The van der Waals surface area contributed by atoms with E-state index in [1.165, 1.54) is 6.42 Å². The second kappa shape index (κ2) is 6.38. The van der Waals surface area contributed by atoms with E-state index in [0.29, 0.717) is 12.1 Å². The molecule has 1 rings (SSSR count). The summed E-state index contributed by atoms with van der Waals surface area (Å²) in [5.74, 6) is 0.733. The number of rotatable bonds is 6. The van der Waals surface area contributed by atoms with E-state index in [4.69, 9.17) is 4.74 Å². The summed E-state index contributed by atoms with van der Waals surface area (Å²) in [4.78, 5) is 0. The first kappa shape index (κ1) is 12.0. The maximum atomic E-state index is 5.33. The largest absolute Gasteiger partial charge is 0.381 e. The molecule has 1 aliphatic heterocycles. The molecule has 84 valence electrons. The fraction of sp³-hybridized carbons (Fsp3) is 1.00. The van der Waals surface area contributed by atoms with Crippen molar-refractivity contribution in [1.82, 2.24) is 10.6 Å². The second-order valence-electron chi connectivity index (χ2n) is 4.60. The van der Waals surface area contributed by atoms with Gasteiger partial charge in [-0.25, -0.2) is 0 Å². The smallest absolute Gasteiger partial charge is 0.0507 e. The minimum absolute atomic E-state index is 0.554. The first-order valence-electron chi connectivity index (χ1n) is 5.73. The van der Waals surface area contributed by atoms with Crippen molar-refractivity contribution in [3.63, 3.8) is 0 Å². The zero-order valence-electron chi connectivity index (χ0n) is 9.68. The first-order valence-corrected chi connectivity index (χ1v) is 5.73. The third kappa shape index (κ3) is 4.94. The van der Waals surface area contributed by atoms with Crippen LogP contribution in [0, 0.1) is 5.92 Å². The summed E-state index contributed by atoms with van der Waals surface area (Å²) in [7, 11) is 0. The molecule has 0 saturated carbocycles. The average molecular weight is 200 g/mol. The highest BCUT2D eigenvalue weighted by Gasteiger charge is 2.15. The van der Waals surface area contributed by atoms with E-state index in [-0.39, 0.29) is 0 Å². The summed E-state index contributed by atoms with van der Waals surface area (Å²) in [6, 6.07) is 1.13. The summed E-state index contributed by atoms with van der Waals surface area (Å²) >= 11 is 0. The number of nitrogens with one attached hydrogen (secondary N) is 2. The van der Waals surface area contributed by atoms with Crippen molar-refractivity contribution in [3.05, 3.63) is 0 Å². The molecule has 0 spiro atoms. The molecule has 0 aromatic heterocycles. The van der Waals surface area contributed by atoms with Crippen molar-refractivity contribution in [2.24, 2.45) is 5.92 Å². The lowest BCUT2D eigenvalue weighted by Crippen LogP contribution is -2.40. The Hall–Kier alpha value is -0.120. The number of ether oxygens (including phenoxy) is 1. The van der Waals surface area contributed by atoms with E-state index in [1.807, 2.05) is 0 Å². The molecule has 0 aromatic rings. The molecule has 1 fully saturated rings. The monoisotopic (exact) mass is 200 g/mol. The van der Waals surface area contributed by atoms with E-state index < -0.39 is 0 Å². The molecule has 2 N–H and O–H groups in total. The molecule has 0 amide bonds. The van der Waals surface area contributed by atoms with Crippen molar-refractivity contribution < 1.29 is 4.74 Å². The zero-order chi connectivity index (χ0) is 10.4. The van der Waals surface area contributed by atoms with E-state index in [1.54, 1.807) is 0 Å². The Labute approximate surface area is 87.6 Å². The minimum atomic E-state index is 0.554. The van der Waals surface area contributed by atoms with Crippen LogP contribution in [0.25, 0.3) is 0 Å². The van der Waals surface area contributed by atoms with Gasteiger partial charge in [-0.1, -0.05) is 13.8 Å². The molecule has 3 nitrogen and oxygen atoms in total. The van der Waals surface area contributed by atoms with Gasteiger partial charge in [0, 0.05) is 31.8 Å². The first-order chi connectivity index (χ1) is 6.68. The Morgan fingerprint density at radius 3 is 2.64 bits per heavy atom. The molecule has 1 aliphatic rings. The third-order valence-corrected chi connectivity index (χ3v) is 2.61. The molecule has 14 heavy (non-hydrogen) atoms. The molecule has 0 aliphatic carbocycles. The van der Waals surface area contributed by atoms with Gasteiger partial charge in [0.2, 0.25) is 0 Å². The molecule has 3 heteroatoms. The van der Waals surface area contributed by atoms with Crippen LogP contribution in [0.15, 0.2) is 0 Å². The molecule has 2 atom stereocenters. The number of hydrogen-bond acceptors (Lipinski definition) is 3. The molecule has 2 unspecified atom stereocenters. The summed E-state index contributed by atoms with van der Waals surface area (Å²) in [6.07, 6.45) is 1.22. The van der Waals surface area contributed by atoms with Gasteiger partial charge in [-0.05, 0) is 19.3 Å². The quantitative estimate of drug-likeness (QED) is 0.671. The van der Waals surface area contributed by atoms with Gasteiger partial charge >= 0.3 is 0 Å². The van der Waals surface area contributed by atoms with Gasteiger partial charge in [0.05, 0.1) is 6.61 Å². The topological polar surface area (TPSA) is 33.3 Å². The van der Waals surface area contributed by atoms with Crippen LogP contribution in [0.3, 0.4) is 0 Å². The molecule has 0 aromatic carbocycles. The van der Waals surface area contributed by atoms with Gasteiger partial charge in [-0.15, -0.1) is 0 Å². The van der Waals surface area contributed by atoms with Gasteiger partial charge in [0.15, 0.2) is 0 Å². The fourth-order valence-corrected chi connectivity index (χ4v) is 1.60. The highest BCUT2D eigenvalue weighted by Crippen LogP contribution is 2.10. The van der Waals surface area contributed by atoms with Crippen LogP contribution in [-0.2, 0) is 4.74 Å². The lowest BCUT2D eigenvalue weighted by Gasteiger charge is -2.18. The van der Waals surface area contributed by atoms with E-state index in [9.17, 15) is 0 Å². The lowest BCUT2D eigenvalue weighted by atomic mass is 10.1. The van der Waals surface area contributed by atoms with Gasteiger partial charge in [-0.2, -0.15) is 0 Å². The van der Waals surface area contributed by atoms with Crippen LogP contribution in [0.5, 0.6) is 0 Å². The summed E-state index contributed by atoms with van der Waals surface area (Å²) in [5, 5.41) is 6.96. The van der Waals surface area contributed by atoms with Crippen molar-refractivity contribution in [2.75, 3.05) is 26.3 Å². The SMILES string of the molecule is CC(C)NCC(C)NCC1CCOC1. The third-order valence-electron chi connectivity index (χ3n) is 2.61. The van der Waals surface area contributed by atoms with Crippen molar-refractivity contribution in [2.45, 2.75) is 39.3 Å². The van der Waals surface area contributed by atoms with Crippen molar-refractivity contribution in [1.29, 1.82) is 0 Å². The van der Waals surface area contributed by atoms with Crippen LogP contribution in [0.4, 0.5) is 0 Å². The summed E-state index contributed by atoms with van der Waals surface area (Å²) < 4.78 is 5.33. The Bertz CT molecular complexity index is 144. The van der Waals surface area contributed by atoms with E-state index >= 15 is 0 Å². The van der Waals surface area contributed by atoms with Crippen LogP contribution >= 0.6 is 0 Å². The Balaban J connectivity index is 1.99. The predicted molar refractivity (Wildman–Crippen MR) is 59.5 cm³/mol. The molecule has 0 bridgehead atoms. The molecule has 0 radical (unpaired) electrons. The Morgan fingerprint density at radius 1 is 1.29 bits per heavy atom. The van der Waals surface area contributed by atoms with Crippen LogP contribution in [-0.4, -0.2) is 38.4 Å². The van der Waals surface area contributed by atoms with Crippen LogP contribution in [0.2, 0.25) is 0 Å². The van der Waals surface area contributed by atoms with Gasteiger partial charge in [-0.3, -0.25) is 0 Å².